The van der Waals surface area contributed by atoms with Crippen molar-refractivity contribution in [3.63, 3.8) is 0 Å². The Morgan fingerprint density at radius 2 is 2.19 bits per heavy atom. The van der Waals surface area contributed by atoms with Crippen LogP contribution in [0, 0.1) is 0 Å². The molecule has 1 aromatic carbocycles. The number of halogens is 1. The molecule has 5 nitrogen and oxygen atoms in total. The number of benzene rings is 1. The molecular weight excluding hydrogens is 390 g/mol. The SMILES string of the molecule is CCCn1c(SCC(=O)N(C)c2cccc(Cl)c2)nc2ccsc2c1=O. The maximum atomic E-state index is 12.6. The Labute approximate surface area is 164 Å². The van der Waals surface area contributed by atoms with Gasteiger partial charge in [-0.05, 0) is 36.1 Å². The van der Waals surface area contributed by atoms with E-state index in [2.05, 4.69) is 4.98 Å². The fourth-order valence-corrected chi connectivity index (χ4v) is 4.41. The molecule has 0 aliphatic rings. The Morgan fingerprint density at radius 3 is 2.92 bits per heavy atom. The number of carbonyl (C=O) groups excluding carboxylic acids is 1. The van der Waals surface area contributed by atoms with Gasteiger partial charge in [0.2, 0.25) is 5.91 Å². The number of hydrogen-bond acceptors (Lipinski definition) is 5. The summed E-state index contributed by atoms with van der Waals surface area (Å²) in [7, 11) is 1.71. The second kappa shape index (κ2) is 8.24. The van der Waals surface area contributed by atoms with Crippen molar-refractivity contribution in [3.8, 4) is 0 Å². The van der Waals surface area contributed by atoms with Crippen LogP contribution in [0.4, 0.5) is 5.69 Å². The summed E-state index contributed by atoms with van der Waals surface area (Å²) < 4.78 is 2.32. The van der Waals surface area contributed by atoms with Crippen molar-refractivity contribution in [2.45, 2.75) is 25.0 Å². The van der Waals surface area contributed by atoms with Crippen molar-refractivity contribution < 1.29 is 4.79 Å². The number of nitrogens with zero attached hydrogens (tertiary/aromatic N) is 3. The Bertz CT molecular complexity index is 1000. The number of aromatic nitrogens is 2. The third-order valence-electron chi connectivity index (χ3n) is 3.87. The summed E-state index contributed by atoms with van der Waals surface area (Å²) in [5.41, 5.74) is 1.38. The molecule has 26 heavy (non-hydrogen) atoms. The monoisotopic (exact) mass is 407 g/mol. The summed E-state index contributed by atoms with van der Waals surface area (Å²) >= 11 is 8.68. The van der Waals surface area contributed by atoms with E-state index >= 15 is 0 Å². The molecule has 0 aliphatic carbocycles. The van der Waals surface area contributed by atoms with E-state index in [1.54, 1.807) is 34.7 Å². The van der Waals surface area contributed by atoms with Crippen LogP contribution in [0.25, 0.3) is 10.2 Å². The highest BCUT2D eigenvalue weighted by atomic mass is 35.5. The van der Waals surface area contributed by atoms with Gasteiger partial charge in [0, 0.05) is 24.3 Å². The van der Waals surface area contributed by atoms with Crippen molar-refractivity contribution in [2.24, 2.45) is 0 Å². The first-order valence-electron chi connectivity index (χ1n) is 8.14. The van der Waals surface area contributed by atoms with Crippen molar-refractivity contribution in [2.75, 3.05) is 17.7 Å². The zero-order valence-electron chi connectivity index (χ0n) is 14.4. The third kappa shape index (κ3) is 3.95. The lowest BCUT2D eigenvalue weighted by Gasteiger charge is -2.18. The molecule has 3 aromatic rings. The van der Waals surface area contributed by atoms with Crippen LogP contribution in [0.3, 0.4) is 0 Å². The Kier molecular flexibility index (Phi) is 6.01. The predicted molar refractivity (Wildman–Crippen MR) is 110 cm³/mol. The van der Waals surface area contributed by atoms with Gasteiger partial charge in [0.15, 0.2) is 5.16 Å². The standard InChI is InChI=1S/C18H18ClN3O2S2/c1-3-8-22-17(24)16-14(7-9-25-16)20-18(22)26-11-15(23)21(2)13-6-4-5-12(19)10-13/h4-7,9-10H,3,8,11H2,1-2H3. The lowest BCUT2D eigenvalue weighted by molar-refractivity contribution is -0.115. The average Bonchev–Trinajstić information content (AvgIpc) is 3.10. The molecule has 136 valence electrons. The van der Waals surface area contributed by atoms with Gasteiger partial charge in [-0.15, -0.1) is 11.3 Å². The summed E-state index contributed by atoms with van der Waals surface area (Å²) in [6.45, 7) is 2.60. The number of anilines is 1. The van der Waals surface area contributed by atoms with Crippen LogP contribution in [0.1, 0.15) is 13.3 Å². The largest absolute Gasteiger partial charge is 0.315 e. The molecule has 2 aromatic heterocycles. The molecule has 0 N–H and O–H groups in total. The smallest absolute Gasteiger partial charge is 0.272 e. The number of rotatable bonds is 6. The number of amides is 1. The number of thioether (sulfide) groups is 1. The molecule has 0 aliphatic heterocycles. The summed E-state index contributed by atoms with van der Waals surface area (Å²) in [4.78, 5) is 31.3. The second-order valence-corrected chi connectivity index (χ2v) is 8.00. The van der Waals surface area contributed by atoms with E-state index in [1.807, 2.05) is 24.4 Å². The number of thiophene rings is 1. The first-order valence-corrected chi connectivity index (χ1v) is 10.4. The first-order chi connectivity index (χ1) is 12.5. The molecule has 0 unspecified atom stereocenters. The van der Waals surface area contributed by atoms with E-state index in [0.717, 1.165) is 12.1 Å². The first kappa shape index (κ1) is 18.9. The Hall–Kier alpha value is -1.83. The fourth-order valence-electron chi connectivity index (χ4n) is 2.51. The zero-order chi connectivity index (χ0) is 18.7. The van der Waals surface area contributed by atoms with Crippen LogP contribution in [0.5, 0.6) is 0 Å². The van der Waals surface area contributed by atoms with E-state index in [1.165, 1.54) is 23.1 Å². The Morgan fingerprint density at radius 1 is 1.38 bits per heavy atom. The summed E-state index contributed by atoms with van der Waals surface area (Å²) in [6, 6.07) is 8.98. The second-order valence-electron chi connectivity index (χ2n) is 5.71. The van der Waals surface area contributed by atoms with Crippen LogP contribution in [-0.4, -0.2) is 28.3 Å². The molecule has 0 fully saturated rings. The van der Waals surface area contributed by atoms with E-state index < -0.39 is 0 Å². The fraction of sp³-hybridized carbons (Fsp3) is 0.278. The third-order valence-corrected chi connectivity index (χ3v) is 5.96. The zero-order valence-corrected chi connectivity index (χ0v) is 16.8. The lowest BCUT2D eigenvalue weighted by atomic mass is 10.3. The van der Waals surface area contributed by atoms with Gasteiger partial charge >= 0.3 is 0 Å². The maximum Gasteiger partial charge on any atom is 0.272 e. The molecule has 8 heteroatoms. The minimum absolute atomic E-state index is 0.0370. The predicted octanol–water partition coefficient (Wildman–Crippen LogP) is 4.28. The molecule has 1 amide bonds. The highest BCUT2D eigenvalue weighted by molar-refractivity contribution is 7.99. The molecule has 0 bridgehead atoms. The quantitative estimate of drug-likeness (QED) is 0.452. The van der Waals surface area contributed by atoms with Crippen molar-refractivity contribution in [3.05, 3.63) is 51.1 Å². The molecule has 0 atom stereocenters. The number of hydrogen-bond donors (Lipinski definition) is 0. The normalized spacial score (nSPS) is 11.0. The lowest BCUT2D eigenvalue weighted by Crippen LogP contribution is -2.29. The van der Waals surface area contributed by atoms with Gasteiger partial charge in [0.05, 0.1) is 11.3 Å². The molecule has 0 saturated carbocycles. The molecule has 0 radical (unpaired) electrons. The van der Waals surface area contributed by atoms with E-state index in [9.17, 15) is 9.59 Å². The van der Waals surface area contributed by atoms with Gasteiger partial charge in [-0.25, -0.2) is 4.98 Å². The maximum absolute atomic E-state index is 12.6. The van der Waals surface area contributed by atoms with Gasteiger partial charge in [0.1, 0.15) is 4.70 Å². The van der Waals surface area contributed by atoms with Gasteiger partial charge in [-0.3, -0.25) is 14.2 Å². The molecule has 3 rings (SSSR count). The van der Waals surface area contributed by atoms with Crippen molar-refractivity contribution in [1.29, 1.82) is 0 Å². The molecule has 0 spiro atoms. The van der Waals surface area contributed by atoms with Crippen molar-refractivity contribution >= 4 is 56.5 Å². The van der Waals surface area contributed by atoms with Gasteiger partial charge in [-0.2, -0.15) is 0 Å². The minimum Gasteiger partial charge on any atom is -0.315 e. The van der Waals surface area contributed by atoms with Crippen LogP contribution < -0.4 is 10.5 Å². The number of fused-ring (bicyclic) bond motifs is 1. The summed E-state index contributed by atoms with van der Waals surface area (Å²) in [6.07, 6.45) is 0.822. The van der Waals surface area contributed by atoms with E-state index in [0.29, 0.717) is 26.9 Å². The highest BCUT2D eigenvalue weighted by Crippen LogP contribution is 2.23. The van der Waals surface area contributed by atoms with E-state index in [4.69, 9.17) is 11.6 Å². The topological polar surface area (TPSA) is 55.2 Å². The van der Waals surface area contributed by atoms with Crippen LogP contribution >= 0.6 is 34.7 Å². The van der Waals surface area contributed by atoms with Crippen LogP contribution in [0.15, 0.2) is 45.7 Å². The molecule has 2 heterocycles. The highest BCUT2D eigenvalue weighted by Gasteiger charge is 2.16. The van der Waals surface area contributed by atoms with Gasteiger partial charge in [-0.1, -0.05) is 36.4 Å². The number of carbonyl (C=O) groups is 1. The summed E-state index contributed by atoms with van der Waals surface area (Å²) in [5, 5.41) is 3.02. The minimum atomic E-state index is -0.0834. The molecule has 0 saturated heterocycles. The van der Waals surface area contributed by atoms with Crippen LogP contribution in [-0.2, 0) is 11.3 Å². The van der Waals surface area contributed by atoms with Crippen LogP contribution in [0.2, 0.25) is 5.02 Å². The summed E-state index contributed by atoms with van der Waals surface area (Å²) in [5.74, 6) is 0.106. The van der Waals surface area contributed by atoms with Gasteiger partial charge < -0.3 is 4.90 Å². The van der Waals surface area contributed by atoms with E-state index in [-0.39, 0.29) is 17.2 Å². The van der Waals surface area contributed by atoms with Crippen molar-refractivity contribution in [1.82, 2.24) is 9.55 Å². The molecular formula is C18H18ClN3O2S2. The Balaban J connectivity index is 1.81. The average molecular weight is 408 g/mol. The van der Waals surface area contributed by atoms with Gasteiger partial charge in [0.25, 0.3) is 5.56 Å².